The van der Waals surface area contributed by atoms with Gasteiger partial charge in [-0.05, 0) is 25.2 Å². The van der Waals surface area contributed by atoms with Crippen LogP contribution in [0.25, 0.3) is 0 Å². The molecular formula is C10H16O2. The minimum atomic E-state index is -0.326. The van der Waals surface area contributed by atoms with Gasteiger partial charge >= 0.3 is 0 Å². The lowest BCUT2D eigenvalue weighted by molar-refractivity contribution is -0.124. The molecule has 0 bridgehead atoms. The maximum atomic E-state index is 11.4. The van der Waals surface area contributed by atoms with Gasteiger partial charge in [0, 0.05) is 12.3 Å². The normalized spacial score (nSPS) is 42.4. The molecule has 0 saturated heterocycles. The molecule has 3 atom stereocenters. The standard InChI is InChI=1S/C10H16O2/c11-8-4-2-1-3-7-5-6-9(12)10(7)8/h7-8,10-11H,1-6H2/t7-,8+,10-/m0/s1. The predicted octanol–water partition coefficient (Wildman–Crippen LogP) is 1.52. The molecule has 2 heteroatoms. The highest BCUT2D eigenvalue weighted by molar-refractivity contribution is 5.84. The second-order valence-electron chi connectivity index (χ2n) is 4.14. The number of ketones is 1. The Hall–Kier alpha value is -0.370. The zero-order chi connectivity index (χ0) is 8.55. The lowest BCUT2D eigenvalue weighted by atomic mass is 9.89. The molecule has 0 heterocycles. The Balaban J connectivity index is 2.14. The number of fused-ring (bicyclic) bond motifs is 1. The first-order valence-corrected chi connectivity index (χ1v) is 5.00. The Morgan fingerprint density at radius 1 is 1.17 bits per heavy atom. The first kappa shape index (κ1) is 8.24. The van der Waals surface area contributed by atoms with E-state index in [-0.39, 0.29) is 12.0 Å². The lowest BCUT2D eigenvalue weighted by Gasteiger charge is -2.19. The zero-order valence-electron chi connectivity index (χ0n) is 7.33. The number of rotatable bonds is 0. The third kappa shape index (κ3) is 1.28. The van der Waals surface area contributed by atoms with Gasteiger partial charge < -0.3 is 5.11 Å². The van der Waals surface area contributed by atoms with Crippen LogP contribution in [0, 0.1) is 11.8 Å². The highest BCUT2D eigenvalue weighted by atomic mass is 16.3. The van der Waals surface area contributed by atoms with Crippen LogP contribution < -0.4 is 0 Å². The van der Waals surface area contributed by atoms with Gasteiger partial charge in [0.15, 0.2) is 0 Å². The van der Waals surface area contributed by atoms with Crippen molar-refractivity contribution in [2.75, 3.05) is 0 Å². The maximum Gasteiger partial charge on any atom is 0.138 e. The molecule has 2 aliphatic rings. The van der Waals surface area contributed by atoms with E-state index >= 15 is 0 Å². The Kier molecular flexibility index (Phi) is 2.18. The molecule has 68 valence electrons. The van der Waals surface area contributed by atoms with Gasteiger partial charge in [0.25, 0.3) is 0 Å². The molecule has 2 nitrogen and oxygen atoms in total. The molecule has 0 radical (unpaired) electrons. The van der Waals surface area contributed by atoms with Crippen molar-refractivity contribution < 1.29 is 9.90 Å². The third-order valence-corrected chi connectivity index (χ3v) is 3.38. The highest BCUT2D eigenvalue weighted by Gasteiger charge is 2.39. The van der Waals surface area contributed by atoms with Crippen LogP contribution in [0.2, 0.25) is 0 Å². The third-order valence-electron chi connectivity index (χ3n) is 3.38. The van der Waals surface area contributed by atoms with Gasteiger partial charge in [-0.25, -0.2) is 0 Å². The first-order valence-electron chi connectivity index (χ1n) is 5.00. The smallest absolute Gasteiger partial charge is 0.138 e. The number of aliphatic hydroxyl groups excluding tert-OH is 1. The summed E-state index contributed by atoms with van der Waals surface area (Å²) in [4.78, 5) is 11.4. The summed E-state index contributed by atoms with van der Waals surface area (Å²) < 4.78 is 0. The summed E-state index contributed by atoms with van der Waals surface area (Å²) in [5, 5.41) is 9.71. The molecule has 2 saturated carbocycles. The van der Waals surface area contributed by atoms with Gasteiger partial charge in [-0.15, -0.1) is 0 Å². The van der Waals surface area contributed by atoms with E-state index in [1.807, 2.05) is 0 Å². The van der Waals surface area contributed by atoms with Crippen molar-refractivity contribution in [3.8, 4) is 0 Å². The number of hydrogen-bond donors (Lipinski definition) is 1. The molecule has 2 rings (SSSR count). The predicted molar refractivity (Wildman–Crippen MR) is 45.7 cm³/mol. The van der Waals surface area contributed by atoms with Crippen molar-refractivity contribution in [2.45, 2.75) is 44.6 Å². The second kappa shape index (κ2) is 3.17. The second-order valence-corrected chi connectivity index (χ2v) is 4.14. The summed E-state index contributed by atoms with van der Waals surface area (Å²) in [6.07, 6.45) is 5.72. The van der Waals surface area contributed by atoms with Crippen molar-refractivity contribution in [3.63, 3.8) is 0 Å². The molecular weight excluding hydrogens is 152 g/mol. The number of aliphatic hydroxyl groups is 1. The van der Waals surface area contributed by atoms with E-state index in [9.17, 15) is 9.90 Å². The molecule has 0 amide bonds. The van der Waals surface area contributed by atoms with Gasteiger partial charge in [-0.1, -0.05) is 12.8 Å². The molecule has 0 unspecified atom stereocenters. The Labute approximate surface area is 73.0 Å². The Morgan fingerprint density at radius 2 is 1.92 bits per heavy atom. The zero-order valence-corrected chi connectivity index (χ0v) is 7.33. The fourth-order valence-corrected chi connectivity index (χ4v) is 2.73. The number of carbonyl (C=O) groups is 1. The average Bonchev–Trinajstić information content (AvgIpc) is 2.29. The van der Waals surface area contributed by atoms with Crippen LogP contribution in [-0.4, -0.2) is 17.0 Å². The molecule has 0 aromatic heterocycles. The molecule has 0 aliphatic heterocycles. The summed E-state index contributed by atoms with van der Waals surface area (Å²) in [6, 6.07) is 0. The van der Waals surface area contributed by atoms with Crippen molar-refractivity contribution in [1.82, 2.24) is 0 Å². The van der Waals surface area contributed by atoms with E-state index in [0.29, 0.717) is 18.1 Å². The average molecular weight is 168 g/mol. The number of Topliss-reactive ketones (excluding diaryl/α,β-unsaturated/α-hetero) is 1. The van der Waals surface area contributed by atoms with Crippen LogP contribution in [0.5, 0.6) is 0 Å². The minimum absolute atomic E-state index is 0.00694. The number of hydrogen-bond acceptors (Lipinski definition) is 2. The van der Waals surface area contributed by atoms with Gasteiger partial charge in [0.2, 0.25) is 0 Å². The fourth-order valence-electron chi connectivity index (χ4n) is 2.73. The van der Waals surface area contributed by atoms with E-state index in [1.54, 1.807) is 0 Å². The summed E-state index contributed by atoms with van der Waals surface area (Å²) >= 11 is 0. The van der Waals surface area contributed by atoms with E-state index in [4.69, 9.17) is 0 Å². The van der Waals surface area contributed by atoms with Crippen LogP contribution >= 0.6 is 0 Å². The van der Waals surface area contributed by atoms with Gasteiger partial charge in [0.1, 0.15) is 5.78 Å². The molecule has 12 heavy (non-hydrogen) atoms. The van der Waals surface area contributed by atoms with E-state index in [0.717, 1.165) is 25.7 Å². The summed E-state index contributed by atoms with van der Waals surface area (Å²) in [6.45, 7) is 0. The van der Waals surface area contributed by atoms with Crippen molar-refractivity contribution in [2.24, 2.45) is 11.8 Å². The summed E-state index contributed by atoms with van der Waals surface area (Å²) in [7, 11) is 0. The SMILES string of the molecule is O=C1CC[C@@H]2CCCC[C@@H](O)[C@@H]12. The van der Waals surface area contributed by atoms with Crippen molar-refractivity contribution in [3.05, 3.63) is 0 Å². The maximum absolute atomic E-state index is 11.4. The molecule has 0 aromatic carbocycles. The van der Waals surface area contributed by atoms with Crippen molar-refractivity contribution in [1.29, 1.82) is 0 Å². The topological polar surface area (TPSA) is 37.3 Å². The monoisotopic (exact) mass is 168 g/mol. The molecule has 2 fully saturated rings. The molecule has 0 spiro atoms. The van der Waals surface area contributed by atoms with Gasteiger partial charge in [0.05, 0.1) is 6.10 Å². The van der Waals surface area contributed by atoms with Gasteiger partial charge in [-0.2, -0.15) is 0 Å². The quantitative estimate of drug-likeness (QED) is 0.595. The minimum Gasteiger partial charge on any atom is -0.392 e. The van der Waals surface area contributed by atoms with Crippen LogP contribution in [0.3, 0.4) is 0 Å². The molecule has 1 N–H and O–H groups in total. The fraction of sp³-hybridized carbons (Fsp3) is 0.900. The Bertz CT molecular complexity index is 188. The summed E-state index contributed by atoms with van der Waals surface area (Å²) in [5.74, 6) is 0.830. The first-order chi connectivity index (χ1) is 5.79. The van der Waals surface area contributed by atoms with Crippen LogP contribution in [0.1, 0.15) is 38.5 Å². The van der Waals surface area contributed by atoms with E-state index in [2.05, 4.69) is 0 Å². The van der Waals surface area contributed by atoms with E-state index < -0.39 is 0 Å². The van der Waals surface area contributed by atoms with Crippen LogP contribution in [0.15, 0.2) is 0 Å². The molecule has 2 aliphatic carbocycles. The largest absolute Gasteiger partial charge is 0.392 e. The molecule has 0 aromatic rings. The summed E-state index contributed by atoms with van der Waals surface area (Å²) in [5.41, 5.74) is 0. The number of carbonyl (C=O) groups excluding carboxylic acids is 1. The van der Waals surface area contributed by atoms with E-state index in [1.165, 1.54) is 6.42 Å². The lowest BCUT2D eigenvalue weighted by Crippen LogP contribution is -2.27. The van der Waals surface area contributed by atoms with Gasteiger partial charge in [-0.3, -0.25) is 4.79 Å². The Morgan fingerprint density at radius 3 is 2.75 bits per heavy atom. The highest BCUT2D eigenvalue weighted by Crippen LogP contribution is 2.38. The van der Waals surface area contributed by atoms with Crippen LogP contribution in [0.4, 0.5) is 0 Å². The van der Waals surface area contributed by atoms with Crippen molar-refractivity contribution >= 4 is 5.78 Å². The van der Waals surface area contributed by atoms with Crippen LogP contribution in [-0.2, 0) is 4.79 Å².